The molecule has 0 amide bonds. The van der Waals surface area contributed by atoms with Gasteiger partial charge in [-0.1, -0.05) is 29.8 Å². The van der Waals surface area contributed by atoms with Gasteiger partial charge in [-0.05, 0) is 6.42 Å². The second-order valence-electron chi connectivity index (χ2n) is 3.09. The molecular weight excluding hydrogens is 216 g/mol. The molecule has 12 heavy (non-hydrogen) atoms. The molecule has 0 saturated carbocycles. The van der Waals surface area contributed by atoms with Gasteiger partial charge in [-0.25, -0.2) is 4.98 Å². The Bertz CT molecular complexity index is 242. The molecule has 68 valence electrons. The fourth-order valence-corrected chi connectivity index (χ4v) is 2.06. The summed E-state index contributed by atoms with van der Waals surface area (Å²) in [4.78, 5) is 4.83. The lowest BCUT2D eigenvalue weighted by molar-refractivity contribution is 0.594. The summed E-state index contributed by atoms with van der Waals surface area (Å²) in [5.74, 6) is 1.69. The third-order valence-electron chi connectivity index (χ3n) is 2.18. The highest BCUT2D eigenvalue weighted by molar-refractivity contribution is 9.09. The van der Waals surface area contributed by atoms with E-state index in [4.69, 9.17) is 0 Å². The quantitative estimate of drug-likeness (QED) is 0.731. The molecule has 0 spiro atoms. The van der Waals surface area contributed by atoms with Gasteiger partial charge in [0.1, 0.15) is 5.82 Å². The number of aromatic nitrogens is 2. The number of nitrogens with zero attached hydrogens (tertiary/aromatic N) is 2. The van der Waals surface area contributed by atoms with Crippen molar-refractivity contribution in [2.45, 2.75) is 31.0 Å². The van der Waals surface area contributed by atoms with Crippen molar-refractivity contribution >= 4 is 15.9 Å². The maximum absolute atomic E-state index is 4.34. The lowest BCUT2D eigenvalue weighted by atomic mass is 10.0. The Kier molecular flexibility index (Phi) is 3.32. The van der Waals surface area contributed by atoms with Crippen molar-refractivity contribution in [3.8, 4) is 0 Å². The van der Waals surface area contributed by atoms with E-state index in [1.807, 2.05) is 19.4 Å². The molecule has 0 radical (unpaired) electrons. The second-order valence-corrected chi connectivity index (χ2v) is 4.53. The van der Waals surface area contributed by atoms with Crippen LogP contribution in [-0.4, -0.2) is 14.4 Å². The normalized spacial score (nSPS) is 16.0. The van der Waals surface area contributed by atoms with E-state index in [9.17, 15) is 0 Å². The van der Waals surface area contributed by atoms with Crippen LogP contribution in [0.3, 0.4) is 0 Å². The SMILES string of the molecule is CCC(c1nccn1C)C(C)Br. The summed E-state index contributed by atoms with van der Waals surface area (Å²) in [5.41, 5.74) is 0. The number of imidazole rings is 1. The van der Waals surface area contributed by atoms with E-state index < -0.39 is 0 Å². The van der Waals surface area contributed by atoms with E-state index in [-0.39, 0.29) is 0 Å². The van der Waals surface area contributed by atoms with E-state index in [0.717, 1.165) is 6.42 Å². The first-order valence-corrected chi connectivity index (χ1v) is 5.19. The van der Waals surface area contributed by atoms with E-state index in [0.29, 0.717) is 10.7 Å². The van der Waals surface area contributed by atoms with Crippen LogP contribution in [0, 0.1) is 0 Å². The van der Waals surface area contributed by atoms with Crippen molar-refractivity contribution in [1.82, 2.24) is 9.55 Å². The fourth-order valence-electron chi connectivity index (χ4n) is 1.45. The molecule has 0 saturated heterocycles. The van der Waals surface area contributed by atoms with E-state index in [1.165, 1.54) is 5.82 Å². The molecule has 0 aromatic carbocycles. The van der Waals surface area contributed by atoms with E-state index in [1.54, 1.807) is 0 Å². The molecule has 0 aliphatic carbocycles. The molecule has 0 aliphatic heterocycles. The van der Waals surface area contributed by atoms with Crippen molar-refractivity contribution < 1.29 is 0 Å². The molecule has 0 aliphatic rings. The molecule has 2 unspecified atom stereocenters. The molecule has 0 bridgehead atoms. The van der Waals surface area contributed by atoms with Crippen molar-refractivity contribution in [1.29, 1.82) is 0 Å². The van der Waals surface area contributed by atoms with Gasteiger partial charge in [0.05, 0.1) is 0 Å². The Morgan fingerprint density at radius 1 is 1.67 bits per heavy atom. The van der Waals surface area contributed by atoms with E-state index >= 15 is 0 Å². The highest BCUT2D eigenvalue weighted by Gasteiger charge is 2.18. The van der Waals surface area contributed by atoms with E-state index in [2.05, 4.69) is 39.3 Å². The summed E-state index contributed by atoms with van der Waals surface area (Å²) >= 11 is 3.60. The van der Waals surface area contributed by atoms with Gasteiger partial charge in [0.25, 0.3) is 0 Å². The van der Waals surface area contributed by atoms with Crippen LogP contribution in [0.2, 0.25) is 0 Å². The fraction of sp³-hybridized carbons (Fsp3) is 0.667. The Balaban J connectivity index is 2.87. The van der Waals surface area contributed by atoms with Crippen LogP contribution in [0.15, 0.2) is 12.4 Å². The lowest BCUT2D eigenvalue weighted by Crippen LogP contribution is -2.12. The molecule has 1 aromatic rings. The summed E-state index contributed by atoms with van der Waals surface area (Å²) < 4.78 is 2.09. The largest absolute Gasteiger partial charge is 0.338 e. The first kappa shape index (κ1) is 9.78. The van der Waals surface area contributed by atoms with Gasteiger partial charge in [-0.2, -0.15) is 0 Å². The second kappa shape index (κ2) is 4.08. The number of aryl methyl sites for hydroxylation is 1. The van der Waals surface area contributed by atoms with Crippen molar-refractivity contribution in [2.24, 2.45) is 7.05 Å². The molecule has 1 rings (SSSR count). The molecule has 1 aromatic heterocycles. The predicted molar refractivity (Wildman–Crippen MR) is 54.6 cm³/mol. The Morgan fingerprint density at radius 3 is 2.67 bits per heavy atom. The number of halogens is 1. The summed E-state index contributed by atoms with van der Waals surface area (Å²) in [6, 6.07) is 0. The van der Waals surface area contributed by atoms with Crippen molar-refractivity contribution in [2.75, 3.05) is 0 Å². The smallest absolute Gasteiger partial charge is 0.112 e. The third kappa shape index (κ3) is 1.89. The highest BCUT2D eigenvalue weighted by atomic mass is 79.9. The van der Waals surface area contributed by atoms with Crippen LogP contribution in [0.4, 0.5) is 0 Å². The minimum atomic E-state index is 0.489. The average molecular weight is 231 g/mol. The maximum atomic E-state index is 4.34. The van der Waals surface area contributed by atoms with Gasteiger partial charge in [-0.15, -0.1) is 0 Å². The van der Waals surface area contributed by atoms with Gasteiger partial charge in [0, 0.05) is 30.2 Å². The topological polar surface area (TPSA) is 17.8 Å². The molecule has 3 heteroatoms. The van der Waals surface area contributed by atoms with Gasteiger partial charge in [0.2, 0.25) is 0 Å². The molecule has 0 N–H and O–H groups in total. The van der Waals surface area contributed by atoms with Crippen LogP contribution in [0.5, 0.6) is 0 Å². The summed E-state index contributed by atoms with van der Waals surface area (Å²) in [7, 11) is 2.04. The summed E-state index contributed by atoms with van der Waals surface area (Å²) in [6.07, 6.45) is 4.97. The average Bonchev–Trinajstić information content (AvgIpc) is 2.38. The predicted octanol–water partition coefficient (Wildman–Crippen LogP) is 2.70. The number of hydrogen-bond acceptors (Lipinski definition) is 1. The van der Waals surface area contributed by atoms with Gasteiger partial charge < -0.3 is 4.57 Å². The van der Waals surface area contributed by atoms with Gasteiger partial charge in [0.15, 0.2) is 0 Å². The summed E-state index contributed by atoms with van der Waals surface area (Å²) in [5, 5.41) is 0. The monoisotopic (exact) mass is 230 g/mol. The molecule has 2 atom stereocenters. The minimum Gasteiger partial charge on any atom is -0.338 e. The zero-order valence-corrected chi connectivity index (χ0v) is 9.37. The van der Waals surface area contributed by atoms with Crippen LogP contribution in [0.25, 0.3) is 0 Å². The Hall–Kier alpha value is -0.310. The zero-order valence-electron chi connectivity index (χ0n) is 7.79. The minimum absolute atomic E-state index is 0.489. The standard InChI is InChI=1S/C9H15BrN2/c1-4-8(7(2)10)9-11-5-6-12(9)3/h5-8H,4H2,1-3H3. The van der Waals surface area contributed by atoms with Crippen molar-refractivity contribution in [3.05, 3.63) is 18.2 Å². The van der Waals surface area contributed by atoms with Crippen LogP contribution in [0.1, 0.15) is 32.0 Å². The zero-order chi connectivity index (χ0) is 9.14. The summed E-state index contributed by atoms with van der Waals surface area (Å²) in [6.45, 7) is 4.36. The molecule has 0 fully saturated rings. The first-order chi connectivity index (χ1) is 5.66. The van der Waals surface area contributed by atoms with Gasteiger partial charge in [-0.3, -0.25) is 0 Å². The lowest BCUT2D eigenvalue weighted by Gasteiger charge is -2.16. The van der Waals surface area contributed by atoms with Crippen LogP contribution in [-0.2, 0) is 7.05 Å². The van der Waals surface area contributed by atoms with Gasteiger partial charge >= 0.3 is 0 Å². The van der Waals surface area contributed by atoms with Crippen LogP contribution >= 0.6 is 15.9 Å². The first-order valence-electron chi connectivity index (χ1n) is 4.28. The Morgan fingerprint density at radius 2 is 2.33 bits per heavy atom. The molecule has 2 nitrogen and oxygen atoms in total. The number of rotatable bonds is 3. The highest BCUT2D eigenvalue weighted by Crippen LogP contribution is 2.25. The third-order valence-corrected chi connectivity index (χ3v) is 2.82. The Labute approximate surface area is 82.1 Å². The number of alkyl halides is 1. The maximum Gasteiger partial charge on any atom is 0.112 e. The number of hydrogen-bond donors (Lipinski definition) is 0. The molecule has 1 heterocycles. The van der Waals surface area contributed by atoms with Crippen LogP contribution < -0.4 is 0 Å². The van der Waals surface area contributed by atoms with Crippen molar-refractivity contribution in [3.63, 3.8) is 0 Å². The molecular formula is C9H15BrN2.